The molecule has 2 aliphatic rings. The lowest BCUT2D eigenvalue weighted by atomic mass is 9.88. The summed E-state index contributed by atoms with van der Waals surface area (Å²) in [6, 6.07) is 152. The predicted octanol–water partition coefficient (Wildman–Crippen LogP) is 30.1. The molecule has 0 amide bonds. The molecular weight excluding hydrogens is 1320 g/mol. The molecule has 0 heterocycles. The van der Waals surface area contributed by atoms with Crippen molar-refractivity contribution < 1.29 is 0 Å². The summed E-state index contributed by atoms with van der Waals surface area (Å²) < 4.78 is 0. The number of hydrogen-bond acceptors (Lipinski definition) is 0. The highest BCUT2D eigenvalue weighted by Gasteiger charge is 2.26. The molecule has 2 aliphatic carbocycles. The Morgan fingerprint density at radius 3 is 0.682 bits per heavy atom. The summed E-state index contributed by atoms with van der Waals surface area (Å²) >= 11 is 0. The van der Waals surface area contributed by atoms with Gasteiger partial charge in [-0.25, -0.2) is 0 Å². The summed E-state index contributed by atoms with van der Waals surface area (Å²) in [6.07, 6.45) is 1.88. The van der Waals surface area contributed by atoms with Crippen LogP contribution in [-0.4, -0.2) is 0 Å². The fourth-order valence-electron chi connectivity index (χ4n) is 17.9. The van der Waals surface area contributed by atoms with E-state index < -0.39 is 0 Å². The van der Waals surface area contributed by atoms with E-state index in [9.17, 15) is 0 Å². The maximum absolute atomic E-state index is 2.43. The Morgan fingerprint density at radius 2 is 0.327 bits per heavy atom. The van der Waals surface area contributed by atoms with Crippen LogP contribution in [0.5, 0.6) is 0 Å². The fourth-order valence-corrected chi connectivity index (χ4v) is 17.9. The van der Waals surface area contributed by atoms with Crippen LogP contribution in [0, 0.1) is 0 Å². The van der Waals surface area contributed by atoms with Crippen LogP contribution in [0.2, 0.25) is 0 Å². The molecule has 0 unspecified atom stereocenters. The van der Waals surface area contributed by atoms with E-state index in [-0.39, 0.29) is 0 Å². The second-order valence-electron chi connectivity index (χ2n) is 29.7. The van der Waals surface area contributed by atoms with E-state index in [1.54, 1.807) is 0 Å². The Labute approximate surface area is 641 Å². The first-order valence-electron chi connectivity index (χ1n) is 38.4. The molecule has 0 radical (unpaired) electrons. The van der Waals surface area contributed by atoms with E-state index >= 15 is 0 Å². The van der Waals surface area contributed by atoms with Gasteiger partial charge in [-0.05, 0) is 294 Å². The van der Waals surface area contributed by atoms with Crippen LogP contribution in [0.3, 0.4) is 0 Å². The first-order valence-corrected chi connectivity index (χ1v) is 38.4. The Balaban J connectivity index is 0.000000140. The molecule has 20 aromatic rings. The van der Waals surface area contributed by atoms with Gasteiger partial charge >= 0.3 is 0 Å². The molecule has 0 saturated heterocycles. The van der Waals surface area contributed by atoms with Gasteiger partial charge in [0.1, 0.15) is 0 Å². The molecule has 110 heavy (non-hydrogen) atoms. The van der Waals surface area contributed by atoms with Crippen LogP contribution in [0.4, 0.5) is 0 Å². The molecule has 0 nitrogen and oxygen atoms in total. The zero-order chi connectivity index (χ0) is 72.6. The number of rotatable bonds is 10. The van der Waals surface area contributed by atoms with Crippen molar-refractivity contribution in [3.8, 4) is 134 Å². The molecule has 0 aliphatic heterocycles. The highest BCUT2D eigenvalue weighted by Crippen LogP contribution is 2.49. The minimum absolute atomic E-state index is 0.939. The number of hydrogen-bond donors (Lipinski definition) is 0. The molecule has 0 aromatic heterocycles. The third-order valence-corrected chi connectivity index (χ3v) is 23.4. The Morgan fingerprint density at radius 1 is 0.109 bits per heavy atom. The third-order valence-electron chi connectivity index (χ3n) is 23.4. The average Bonchev–Trinajstić information content (AvgIpc) is 1.37. The molecule has 0 saturated carbocycles. The van der Waals surface area contributed by atoms with Crippen molar-refractivity contribution in [3.05, 3.63) is 435 Å². The zero-order valence-electron chi connectivity index (χ0n) is 60.7. The van der Waals surface area contributed by atoms with Crippen LogP contribution >= 0.6 is 0 Å². The Kier molecular flexibility index (Phi) is 15.8. The predicted molar refractivity (Wildman–Crippen MR) is 469 cm³/mol. The van der Waals surface area contributed by atoms with Gasteiger partial charge in [-0.1, -0.05) is 352 Å². The van der Waals surface area contributed by atoms with Crippen LogP contribution in [0.15, 0.2) is 413 Å². The van der Waals surface area contributed by atoms with E-state index in [1.807, 2.05) is 0 Å². The van der Waals surface area contributed by atoms with Crippen molar-refractivity contribution in [2.45, 2.75) is 12.8 Å². The van der Waals surface area contributed by atoms with Gasteiger partial charge in [0.2, 0.25) is 0 Å². The van der Waals surface area contributed by atoms with Crippen molar-refractivity contribution in [1.29, 1.82) is 0 Å². The van der Waals surface area contributed by atoms with Gasteiger partial charge in [-0.3, -0.25) is 0 Å². The van der Waals surface area contributed by atoms with Crippen molar-refractivity contribution in [2.75, 3.05) is 0 Å². The van der Waals surface area contributed by atoms with E-state index in [0.29, 0.717) is 0 Å². The van der Waals surface area contributed by atoms with Crippen LogP contribution < -0.4 is 0 Å². The highest BCUT2D eigenvalue weighted by molar-refractivity contribution is 6.27. The summed E-state index contributed by atoms with van der Waals surface area (Å²) in [6.45, 7) is 0. The average molecular weight is 1390 g/mol. The normalized spacial score (nSPS) is 11.9. The third kappa shape index (κ3) is 11.5. The van der Waals surface area contributed by atoms with Crippen molar-refractivity contribution >= 4 is 64.6 Å². The minimum Gasteiger partial charge on any atom is -0.0622 e. The van der Waals surface area contributed by atoms with E-state index in [4.69, 9.17) is 0 Å². The Bertz CT molecular complexity index is 6960. The summed E-state index contributed by atoms with van der Waals surface area (Å²) in [5.41, 5.74) is 35.8. The SMILES string of the molecule is c1ccc(-c2ccc(-c3cccc(-c4cc(-c5cccc(-c6ccc7c8ccccc8c8ccccc8c7c6)c5)c5c(c4)-c4ccccc4C5)c3)cc2)cc1.c1ccc(-c2ccc(-c3cccc(-c4cc(-c5cccc(-c6ccc7c8ccccc8c8ccccc8c7c6)c5)cc5c4Cc4ccccc4-5)c3)cc2)cc1. The summed E-state index contributed by atoms with van der Waals surface area (Å²) in [5, 5.41) is 15.6. The first kappa shape index (κ1) is 64.4. The molecule has 0 N–H and O–H groups in total. The topological polar surface area (TPSA) is 0 Å². The summed E-state index contributed by atoms with van der Waals surface area (Å²) in [4.78, 5) is 0. The monoisotopic (exact) mass is 1390 g/mol. The van der Waals surface area contributed by atoms with E-state index in [1.165, 1.54) is 220 Å². The summed E-state index contributed by atoms with van der Waals surface area (Å²) in [7, 11) is 0. The molecule has 0 heteroatoms. The second-order valence-corrected chi connectivity index (χ2v) is 29.7. The Hall–Kier alpha value is -14.0. The van der Waals surface area contributed by atoms with Gasteiger partial charge in [0, 0.05) is 0 Å². The van der Waals surface area contributed by atoms with Gasteiger partial charge < -0.3 is 0 Å². The molecule has 512 valence electrons. The van der Waals surface area contributed by atoms with E-state index in [2.05, 4.69) is 413 Å². The maximum atomic E-state index is 2.43. The molecular formula is C110H72. The quantitative estimate of drug-likeness (QED) is 0.120. The highest BCUT2D eigenvalue weighted by atomic mass is 14.3. The van der Waals surface area contributed by atoms with Crippen LogP contribution in [-0.2, 0) is 12.8 Å². The van der Waals surface area contributed by atoms with Crippen molar-refractivity contribution in [2.24, 2.45) is 0 Å². The van der Waals surface area contributed by atoms with Gasteiger partial charge in [-0.15, -0.1) is 0 Å². The van der Waals surface area contributed by atoms with Crippen molar-refractivity contribution in [1.82, 2.24) is 0 Å². The molecule has 0 bridgehead atoms. The molecule has 0 fully saturated rings. The van der Waals surface area contributed by atoms with Gasteiger partial charge in [0.25, 0.3) is 0 Å². The lowest BCUT2D eigenvalue weighted by molar-refractivity contribution is 1.26. The van der Waals surface area contributed by atoms with Crippen LogP contribution in [0.1, 0.15) is 22.3 Å². The lowest BCUT2D eigenvalue weighted by Crippen LogP contribution is -1.92. The van der Waals surface area contributed by atoms with E-state index in [0.717, 1.165) is 12.8 Å². The molecule has 0 atom stereocenters. The van der Waals surface area contributed by atoms with Crippen LogP contribution in [0.25, 0.3) is 198 Å². The van der Waals surface area contributed by atoms with Crippen molar-refractivity contribution in [3.63, 3.8) is 0 Å². The standard InChI is InChI=1S/2C55H36/c1-2-12-36(13-3-1)37-24-26-38(27-25-37)39-15-11-18-43(31-39)52-34-45(35-53-46-19-5-4-14-44(46)33-55(52)53)41-17-10-16-40(30-41)42-28-29-51-49-22-7-6-20-47(49)48-21-8-9-23-50(48)54(51)32-42;1-2-12-36(13-3-1)37-24-26-38(27-25-37)39-15-10-17-41(30-39)45-34-52(55-33-44-14-4-5-19-46(44)53(55)35-45)43-18-11-16-40(31-43)42-28-29-51-49-22-7-6-20-47(49)48-21-8-9-23-50(48)54(51)32-42/h2*1-32,34-35H,33H2. The van der Waals surface area contributed by atoms with Gasteiger partial charge in [0.05, 0.1) is 0 Å². The first-order chi connectivity index (χ1) is 54.5. The minimum atomic E-state index is 0.939. The zero-order valence-corrected chi connectivity index (χ0v) is 60.7. The maximum Gasteiger partial charge on any atom is -0.000728 e. The molecule has 20 aromatic carbocycles. The smallest absolute Gasteiger partial charge is 0.000728 e. The van der Waals surface area contributed by atoms with Gasteiger partial charge in [-0.2, -0.15) is 0 Å². The number of benzene rings is 20. The fraction of sp³-hybridized carbons (Fsp3) is 0.0182. The molecule has 0 spiro atoms. The second kappa shape index (κ2) is 27.1. The largest absolute Gasteiger partial charge is 0.0622 e. The number of fused-ring (bicyclic) bond motifs is 18. The lowest BCUT2D eigenvalue weighted by Gasteiger charge is -2.16. The summed E-state index contributed by atoms with van der Waals surface area (Å²) in [5.74, 6) is 0. The molecule has 22 rings (SSSR count). The van der Waals surface area contributed by atoms with Gasteiger partial charge in [0.15, 0.2) is 0 Å².